The molecule has 0 radical (unpaired) electrons. The minimum absolute atomic E-state index is 0.0497. The van der Waals surface area contributed by atoms with E-state index in [9.17, 15) is 31.1 Å². The van der Waals surface area contributed by atoms with Crippen LogP contribution in [0.4, 0.5) is 17.6 Å². The largest absolute Gasteiger partial charge is 0.508 e. The zero-order valence-electron chi connectivity index (χ0n) is 25.0. The van der Waals surface area contributed by atoms with Crippen molar-refractivity contribution in [1.82, 2.24) is 4.90 Å². The van der Waals surface area contributed by atoms with Gasteiger partial charge in [0.2, 0.25) is 0 Å². The van der Waals surface area contributed by atoms with Gasteiger partial charge in [-0.05, 0) is 142 Å². The van der Waals surface area contributed by atoms with Crippen LogP contribution in [0.3, 0.4) is 0 Å². The van der Waals surface area contributed by atoms with Crippen LogP contribution in [0.1, 0.15) is 100 Å². The lowest BCUT2D eigenvalue weighted by Crippen LogP contribution is -2.30. The molecule has 4 nitrogen and oxygen atoms in total. The summed E-state index contributed by atoms with van der Waals surface area (Å²) < 4.78 is 75.2. The maximum atomic E-state index is 13.7. The Bertz CT molecular complexity index is 1320. The molecule has 1 fully saturated rings. The summed E-state index contributed by atoms with van der Waals surface area (Å²) in [6, 6.07) is 12.8. The Morgan fingerprint density at radius 2 is 1.65 bits per heavy atom. The molecule has 1 unspecified atom stereocenters. The number of phenolic OH excluding ortho intramolecular Hbond substituents is 1. The molecule has 0 saturated carbocycles. The summed E-state index contributed by atoms with van der Waals surface area (Å²) in [7, 11) is -3.32. The average Bonchev–Trinajstić information content (AvgIpc) is 3.31. The number of hydrogen-bond acceptors (Lipinski definition) is 4. The third kappa shape index (κ3) is 10.6. The molecule has 0 aromatic heterocycles. The van der Waals surface area contributed by atoms with Crippen LogP contribution in [0.5, 0.6) is 5.75 Å². The van der Waals surface area contributed by atoms with Crippen molar-refractivity contribution in [3.05, 3.63) is 65.0 Å². The molecular weight excluding hydrogens is 578 g/mol. The van der Waals surface area contributed by atoms with Crippen molar-refractivity contribution in [3.63, 3.8) is 0 Å². The van der Waals surface area contributed by atoms with Crippen LogP contribution < -0.4 is 0 Å². The van der Waals surface area contributed by atoms with E-state index in [0.29, 0.717) is 12.5 Å². The number of fused-ring (bicyclic) bond motifs is 1. The van der Waals surface area contributed by atoms with Crippen molar-refractivity contribution in [2.45, 2.75) is 102 Å². The van der Waals surface area contributed by atoms with E-state index in [0.717, 1.165) is 88.4 Å². The SMILES string of the molecule is O=S(=O)(CCCCC(F)(F)F)CCCC1CCCN1CCCCCC1=C(c2ccc(F)cc2)CCCc2cc(O)ccc21. The maximum absolute atomic E-state index is 13.7. The molecule has 1 aliphatic heterocycles. The molecule has 238 valence electrons. The summed E-state index contributed by atoms with van der Waals surface area (Å²) in [5, 5.41) is 10.1. The predicted molar refractivity (Wildman–Crippen MR) is 165 cm³/mol. The van der Waals surface area contributed by atoms with Gasteiger partial charge in [-0.1, -0.05) is 24.6 Å². The number of allylic oxidation sites excluding steroid dienone is 2. The number of rotatable bonds is 15. The van der Waals surface area contributed by atoms with Gasteiger partial charge in [-0.3, -0.25) is 0 Å². The number of alkyl halides is 3. The fraction of sp³-hybridized carbons (Fsp3) is 0.588. The van der Waals surface area contributed by atoms with E-state index in [2.05, 4.69) is 4.90 Å². The van der Waals surface area contributed by atoms with Crippen molar-refractivity contribution in [2.75, 3.05) is 24.6 Å². The second kappa shape index (κ2) is 15.6. The van der Waals surface area contributed by atoms with Crippen molar-refractivity contribution in [3.8, 4) is 5.75 Å². The number of halogens is 4. The lowest BCUT2D eigenvalue weighted by molar-refractivity contribution is -0.135. The Kier molecular flexibility index (Phi) is 12.1. The van der Waals surface area contributed by atoms with Crippen molar-refractivity contribution >= 4 is 21.0 Å². The summed E-state index contributed by atoms with van der Waals surface area (Å²) in [6.45, 7) is 1.99. The summed E-state index contributed by atoms with van der Waals surface area (Å²) >= 11 is 0. The standard InChI is InChI=1S/C34H45F4NO3S/c35-28-16-14-26(15-17-28)31-13-6-9-27-25-30(40)18-19-32(27)33(31)12-2-1-4-21-39-22-7-10-29(39)11-8-24-43(41,42)23-5-3-20-34(36,37)38/h14-19,25,29,40H,1-13,20-24H2. The molecule has 0 spiro atoms. The number of nitrogens with zero attached hydrogens (tertiary/aromatic N) is 1. The molecule has 43 heavy (non-hydrogen) atoms. The summed E-state index contributed by atoms with van der Waals surface area (Å²) in [6.07, 6.45) is 5.11. The lowest BCUT2D eigenvalue weighted by atomic mass is 9.89. The Hall–Kier alpha value is -2.39. The van der Waals surface area contributed by atoms with Gasteiger partial charge in [0.05, 0.1) is 11.5 Å². The van der Waals surface area contributed by atoms with E-state index in [4.69, 9.17) is 0 Å². The van der Waals surface area contributed by atoms with Crippen LogP contribution in [0, 0.1) is 5.82 Å². The second-order valence-corrected chi connectivity index (χ2v) is 14.5. The molecule has 2 aliphatic rings. The van der Waals surface area contributed by atoms with E-state index in [1.54, 1.807) is 6.07 Å². The Morgan fingerprint density at radius 1 is 0.884 bits per heavy atom. The highest BCUT2D eigenvalue weighted by atomic mass is 32.2. The first kappa shape index (κ1) is 33.5. The van der Waals surface area contributed by atoms with E-state index >= 15 is 0 Å². The van der Waals surface area contributed by atoms with Gasteiger partial charge in [0.25, 0.3) is 0 Å². The zero-order chi connectivity index (χ0) is 30.9. The number of unbranched alkanes of at least 4 members (excludes halogenated alkanes) is 3. The molecule has 1 saturated heterocycles. The normalized spacial score (nSPS) is 18.2. The Labute approximate surface area is 254 Å². The first-order valence-electron chi connectivity index (χ1n) is 15.8. The third-order valence-electron chi connectivity index (χ3n) is 8.87. The molecule has 1 N–H and O–H groups in total. The van der Waals surface area contributed by atoms with Crippen molar-refractivity contribution in [2.24, 2.45) is 0 Å². The van der Waals surface area contributed by atoms with Gasteiger partial charge in [-0.2, -0.15) is 13.2 Å². The smallest absolute Gasteiger partial charge is 0.389 e. The predicted octanol–water partition coefficient (Wildman–Crippen LogP) is 8.73. The third-order valence-corrected chi connectivity index (χ3v) is 10.7. The molecule has 0 bridgehead atoms. The fourth-order valence-electron chi connectivity index (χ4n) is 6.70. The maximum Gasteiger partial charge on any atom is 0.389 e. The van der Waals surface area contributed by atoms with Crippen LogP contribution in [-0.2, 0) is 16.3 Å². The minimum Gasteiger partial charge on any atom is -0.508 e. The summed E-state index contributed by atoms with van der Waals surface area (Å²) in [5.41, 5.74) is 5.96. The van der Waals surface area contributed by atoms with Gasteiger partial charge in [0.1, 0.15) is 21.4 Å². The number of aromatic hydroxyl groups is 1. The lowest BCUT2D eigenvalue weighted by Gasteiger charge is -2.24. The van der Waals surface area contributed by atoms with Crippen molar-refractivity contribution in [1.29, 1.82) is 0 Å². The molecule has 1 heterocycles. The van der Waals surface area contributed by atoms with E-state index in [1.165, 1.54) is 28.8 Å². The summed E-state index contributed by atoms with van der Waals surface area (Å²) in [4.78, 5) is 2.48. The second-order valence-electron chi connectivity index (χ2n) is 12.2. The molecule has 4 rings (SSSR count). The molecule has 9 heteroatoms. The first-order valence-corrected chi connectivity index (χ1v) is 17.6. The topological polar surface area (TPSA) is 57.6 Å². The summed E-state index contributed by atoms with van der Waals surface area (Å²) in [5.74, 6) is -0.0789. The van der Waals surface area contributed by atoms with E-state index in [1.807, 2.05) is 24.3 Å². The average molecular weight is 624 g/mol. The Morgan fingerprint density at radius 3 is 2.42 bits per heavy atom. The van der Waals surface area contributed by atoms with Gasteiger partial charge in [-0.25, -0.2) is 12.8 Å². The number of phenols is 1. The van der Waals surface area contributed by atoms with E-state index in [-0.39, 0.29) is 35.9 Å². The highest BCUT2D eigenvalue weighted by molar-refractivity contribution is 7.91. The number of sulfone groups is 1. The van der Waals surface area contributed by atoms with Gasteiger partial charge >= 0.3 is 6.18 Å². The number of hydrogen-bond donors (Lipinski definition) is 1. The van der Waals surface area contributed by atoms with Gasteiger partial charge in [-0.15, -0.1) is 0 Å². The fourth-order valence-corrected chi connectivity index (χ4v) is 8.16. The van der Waals surface area contributed by atoms with Crippen LogP contribution in [0.2, 0.25) is 0 Å². The van der Waals surface area contributed by atoms with Crippen molar-refractivity contribution < 1.29 is 31.1 Å². The zero-order valence-corrected chi connectivity index (χ0v) is 25.8. The quantitative estimate of drug-likeness (QED) is 0.159. The Balaban J connectivity index is 1.26. The number of aryl methyl sites for hydroxylation is 1. The molecule has 2 aromatic carbocycles. The first-order chi connectivity index (χ1) is 20.5. The highest BCUT2D eigenvalue weighted by Crippen LogP contribution is 2.39. The molecule has 1 atom stereocenters. The van der Waals surface area contributed by atoms with Crippen LogP contribution >= 0.6 is 0 Å². The number of benzene rings is 2. The minimum atomic E-state index is -4.23. The molecule has 1 aliphatic carbocycles. The van der Waals surface area contributed by atoms with Gasteiger partial charge in [0.15, 0.2) is 0 Å². The molecule has 0 amide bonds. The molecule has 2 aromatic rings. The van der Waals surface area contributed by atoms with Crippen LogP contribution in [0.15, 0.2) is 42.5 Å². The molecular formula is C34H45F4NO3S. The van der Waals surface area contributed by atoms with Crippen LogP contribution in [0.25, 0.3) is 11.1 Å². The monoisotopic (exact) mass is 623 g/mol. The van der Waals surface area contributed by atoms with Crippen LogP contribution in [-0.4, -0.2) is 55.2 Å². The number of likely N-dealkylation sites (tertiary alicyclic amines) is 1. The highest BCUT2D eigenvalue weighted by Gasteiger charge is 2.27. The van der Waals surface area contributed by atoms with E-state index < -0.39 is 22.4 Å². The van der Waals surface area contributed by atoms with Gasteiger partial charge < -0.3 is 10.0 Å². The van der Waals surface area contributed by atoms with Gasteiger partial charge in [0, 0.05) is 12.5 Å².